The summed E-state index contributed by atoms with van der Waals surface area (Å²) in [6.07, 6.45) is 1.41. The molecule has 0 bridgehead atoms. The van der Waals surface area contributed by atoms with Gasteiger partial charge in [-0.15, -0.1) is 12.4 Å². The third kappa shape index (κ3) is 5.55. The number of halogens is 3. The maximum absolute atomic E-state index is 13.0. The number of rotatable bonds is 9. The van der Waals surface area contributed by atoms with Crippen LogP contribution in [0.1, 0.15) is 47.4 Å². The Labute approximate surface area is 180 Å². The zero-order chi connectivity index (χ0) is 21.0. The van der Waals surface area contributed by atoms with Crippen LogP contribution < -0.4 is 4.74 Å². The number of aliphatic hydroxyl groups is 1. The number of Topliss-reactive ketones (excluding diaryl/α,β-unsaturated/α-hetero) is 1. The summed E-state index contributed by atoms with van der Waals surface area (Å²) in [5.41, 5.74) is 2.23. The maximum atomic E-state index is 13.0. The first-order valence-electron chi connectivity index (χ1n) is 9.47. The van der Waals surface area contributed by atoms with Crippen LogP contribution in [0, 0.1) is 6.92 Å². The van der Waals surface area contributed by atoms with E-state index in [2.05, 4.69) is 4.98 Å². The molecule has 1 atom stereocenters. The van der Waals surface area contributed by atoms with E-state index in [1.165, 1.54) is 0 Å². The molecule has 30 heavy (non-hydrogen) atoms. The Bertz CT molecular complexity index is 987. The lowest BCUT2D eigenvalue weighted by Crippen LogP contribution is -2.15. The molecule has 0 saturated heterocycles. The van der Waals surface area contributed by atoms with Crippen LogP contribution in [0.4, 0.5) is 8.78 Å². The summed E-state index contributed by atoms with van der Waals surface area (Å²) in [5, 5.41) is 9.76. The highest BCUT2D eigenvalue weighted by atomic mass is 35.5. The third-order valence-electron chi connectivity index (χ3n) is 4.77. The Morgan fingerprint density at radius 2 is 1.93 bits per heavy atom. The standard InChI is InChI=1S/C22H24F2N2O3.ClH/c1-15-20(18(28)13-17(14-27)16-7-4-3-5-8-16)26-11-6-9-19(21(26)25-15)29-12-10-22(2,23)24;/h3-9,11,17,27H,10,12-14H2,1-2H3;1H/t17-;/m0./s1. The number of nitrogens with zero attached hydrogens (tertiary/aromatic N) is 2. The summed E-state index contributed by atoms with van der Waals surface area (Å²) >= 11 is 0. The summed E-state index contributed by atoms with van der Waals surface area (Å²) in [6.45, 7) is 2.27. The number of aryl methyl sites for hydroxylation is 1. The quantitative estimate of drug-likeness (QED) is 0.486. The number of benzene rings is 1. The number of carbonyl (C=O) groups is 1. The largest absolute Gasteiger partial charge is 0.489 e. The molecule has 162 valence electrons. The van der Waals surface area contributed by atoms with Crippen molar-refractivity contribution in [2.75, 3.05) is 13.2 Å². The fourth-order valence-electron chi connectivity index (χ4n) is 3.28. The van der Waals surface area contributed by atoms with E-state index in [1.54, 1.807) is 29.7 Å². The highest BCUT2D eigenvalue weighted by Gasteiger charge is 2.24. The number of hydrogen-bond donors (Lipinski definition) is 1. The molecule has 0 fully saturated rings. The number of fused-ring (bicyclic) bond motifs is 1. The molecule has 3 rings (SSSR count). The molecule has 8 heteroatoms. The van der Waals surface area contributed by atoms with E-state index in [4.69, 9.17) is 4.74 Å². The molecule has 1 aromatic carbocycles. The first-order chi connectivity index (χ1) is 13.8. The van der Waals surface area contributed by atoms with Gasteiger partial charge in [-0.25, -0.2) is 13.8 Å². The van der Waals surface area contributed by atoms with E-state index in [9.17, 15) is 18.7 Å². The zero-order valence-corrected chi connectivity index (χ0v) is 17.7. The zero-order valence-electron chi connectivity index (χ0n) is 16.8. The van der Waals surface area contributed by atoms with Gasteiger partial charge in [0, 0.05) is 25.0 Å². The van der Waals surface area contributed by atoms with Crippen molar-refractivity contribution in [1.82, 2.24) is 9.38 Å². The number of alkyl halides is 2. The molecule has 0 saturated carbocycles. The molecule has 2 heterocycles. The molecule has 2 aromatic heterocycles. The molecular formula is C22H25ClF2N2O3. The van der Waals surface area contributed by atoms with Crippen LogP contribution >= 0.6 is 12.4 Å². The molecule has 0 aliphatic carbocycles. The van der Waals surface area contributed by atoms with Gasteiger partial charge in [-0.05, 0) is 31.5 Å². The van der Waals surface area contributed by atoms with Gasteiger partial charge < -0.3 is 9.84 Å². The number of ketones is 1. The predicted molar refractivity (Wildman–Crippen MR) is 113 cm³/mol. The number of aromatic nitrogens is 2. The van der Waals surface area contributed by atoms with Gasteiger partial charge in [0.1, 0.15) is 5.69 Å². The van der Waals surface area contributed by atoms with Crippen molar-refractivity contribution in [3.63, 3.8) is 0 Å². The first-order valence-corrected chi connectivity index (χ1v) is 9.47. The van der Waals surface area contributed by atoms with Gasteiger partial charge in [0.2, 0.25) is 5.92 Å². The molecule has 3 aromatic rings. The molecular weight excluding hydrogens is 414 g/mol. The number of aliphatic hydroxyl groups excluding tert-OH is 1. The molecule has 0 unspecified atom stereocenters. The van der Waals surface area contributed by atoms with E-state index in [0.717, 1.165) is 12.5 Å². The lowest BCUT2D eigenvalue weighted by atomic mass is 9.93. The van der Waals surface area contributed by atoms with E-state index >= 15 is 0 Å². The molecule has 0 radical (unpaired) electrons. The van der Waals surface area contributed by atoms with Crippen LogP contribution in [0.2, 0.25) is 0 Å². The second kappa shape index (κ2) is 10.00. The Morgan fingerprint density at radius 1 is 1.23 bits per heavy atom. The molecule has 5 nitrogen and oxygen atoms in total. The van der Waals surface area contributed by atoms with Gasteiger partial charge in [0.05, 0.1) is 18.9 Å². The SMILES string of the molecule is Cc1nc2c(OCCC(C)(F)F)cccn2c1C(=O)C[C@@H](CO)c1ccccc1.Cl. The molecule has 1 N–H and O–H groups in total. The minimum absolute atomic E-state index is 0. The lowest BCUT2D eigenvalue weighted by Gasteiger charge is -2.14. The fraction of sp³-hybridized carbons (Fsp3) is 0.364. The smallest absolute Gasteiger partial charge is 0.248 e. The number of imidazole rings is 1. The monoisotopic (exact) mass is 438 g/mol. The van der Waals surface area contributed by atoms with Gasteiger partial charge in [-0.3, -0.25) is 9.20 Å². The van der Waals surface area contributed by atoms with Crippen LogP contribution in [0.25, 0.3) is 5.65 Å². The van der Waals surface area contributed by atoms with Crippen molar-refractivity contribution < 1.29 is 23.4 Å². The summed E-state index contributed by atoms with van der Waals surface area (Å²) in [6, 6.07) is 12.7. The van der Waals surface area contributed by atoms with Crippen LogP contribution in [-0.4, -0.2) is 39.4 Å². The molecule has 0 spiro atoms. The number of hydrogen-bond acceptors (Lipinski definition) is 4. The molecule has 0 aliphatic rings. The number of ether oxygens (including phenoxy) is 1. The summed E-state index contributed by atoms with van der Waals surface area (Å²) in [7, 11) is 0. The van der Waals surface area contributed by atoms with E-state index < -0.39 is 12.3 Å². The normalized spacial score (nSPS) is 12.4. The van der Waals surface area contributed by atoms with Crippen molar-refractivity contribution in [2.24, 2.45) is 0 Å². The maximum Gasteiger partial charge on any atom is 0.248 e. The highest BCUT2D eigenvalue weighted by molar-refractivity contribution is 5.97. The van der Waals surface area contributed by atoms with Gasteiger partial charge in [0.15, 0.2) is 17.2 Å². The second-order valence-corrected chi connectivity index (χ2v) is 7.20. The van der Waals surface area contributed by atoms with Crippen molar-refractivity contribution in [3.05, 3.63) is 65.6 Å². The van der Waals surface area contributed by atoms with Crippen LogP contribution in [-0.2, 0) is 0 Å². The Morgan fingerprint density at radius 3 is 2.57 bits per heavy atom. The van der Waals surface area contributed by atoms with Gasteiger partial charge >= 0.3 is 0 Å². The molecule has 0 aliphatic heterocycles. The number of pyridine rings is 1. The third-order valence-corrected chi connectivity index (χ3v) is 4.77. The topological polar surface area (TPSA) is 63.8 Å². The summed E-state index contributed by atoms with van der Waals surface area (Å²) < 4.78 is 33.2. The fourth-order valence-corrected chi connectivity index (χ4v) is 3.28. The van der Waals surface area contributed by atoms with E-state index in [0.29, 0.717) is 22.8 Å². The summed E-state index contributed by atoms with van der Waals surface area (Å²) in [5.74, 6) is -2.94. The van der Waals surface area contributed by atoms with Gasteiger partial charge in [0.25, 0.3) is 0 Å². The average Bonchev–Trinajstić information content (AvgIpc) is 3.02. The Hall–Kier alpha value is -2.51. The second-order valence-electron chi connectivity index (χ2n) is 7.20. The van der Waals surface area contributed by atoms with Crippen molar-refractivity contribution >= 4 is 23.8 Å². The highest BCUT2D eigenvalue weighted by Crippen LogP contribution is 2.27. The van der Waals surface area contributed by atoms with Crippen molar-refractivity contribution in [3.8, 4) is 5.75 Å². The average molecular weight is 439 g/mol. The summed E-state index contributed by atoms with van der Waals surface area (Å²) in [4.78, 5) is 17.5. The van der Waals surface area contributed by atoms with E-state index in [-0.39, 0.29) is 43.7 Å². The minimum atomic E-state index is -2.81. The van der Waals surface area contributed by atoms with E-state index in [1.807, 2.05) is 30.3 Å². The van der Waals surface area contributed by atoms with Gasteiger partial charge in [-0.1, -0.05) is 30.3 Å². The molecule has 0 amide bonds. The Balaban J connectivity index is 0.00000320. The minimum Gasteiger partial charge on any atom is -0.489 e. The van der Waals surface area contributed by atoms with Crippen LogP contribution in [0.5, 0.6) is 5.75 Å². The van der Waals surface area contributed by atoms with Crippen molar-refractivity contribution in [1.29, 1.82) is 0 Å². The lowest BCUT2D eigenvalue weighted by molar-refractivity contribution is 0.000943. The van der Waals surface area contributed by atoms with Gasteiger partial charge in [-0.2, -0.15) is 0 Å². The number of carbonyl (C=O) groups excluding carboxylic acids is 1. The Kier molecular flexibility index (Phi) is 7.92. The first kappa shape index (κ1) is 23.8. The van der Waals surface area contributed by atoms with Crippen LogP contribution in [0.3, 0.4) is 0 Å². The van der Waals surface area contributed by atoms with Crippen LogP contribution in [0.15, 0.2) is 48.7 Å². The predicted octanol–water partition coefficient (Wildman–Crippen LogP) is 4.84. The van der Waals surface area contributed by atoms with Crippen molar-refractivity contribution in [2.45, 2.75) is 38.5 Å².